The highest BCUT2D eigenvalue weighted by molar-refractivity contribution is 5.81. The van der Waals surface area contributed by atoms with Gasteiger partial charge in [-0.2, -0.15) is 0 Å². The highest BCUT2D eigenvalue weighted by Crippen LogP contribution is 2.09. The zero-order valence-corrected chi connectivity index (χ0v) is 11.7. The van der Waals surface area contributed by atoms with Crippen LogP contribution in [-0.4, -0.2) is 51.0 Å². The van der Waals surface area contributed by atoms with Gasteiger partial charge in [0.05, 0.1) is 19.3 Å². The molecule has 0 aromatic carbocycles. The van der Waals surface area contributed by atoms with E-state index in [1.165, 1.54) is 0 Å². The van der Waals surface area contributed by atoms with Crippen molar-refractivity contribution < 1.29 is 14.3 Å². The third-order valence-corrected chi connectivity index (χ3v) is 3.09. The van der Waals surface area contributed by atoms with Crippen molar-refractivity contribution in [2.24, 2.45) is 5.92 Å². The van der Waals surface area contributed by atoms with Crippen LogP contribution in [0.1, 0.15) is 27.2 Å². The van der Waals surface area contributed by atoms with Crippen molar-refractivity contribution in [3.63, 3.8) is 0 Å². The summed E-state index contributed by atoms with van der Waals surface area (Å²) >= 11 is 0. The summed E-state index contributed by atoms with van der Waals surface area (Å²) in [5.74, 6) is 0.492. The molecule has 0 aromatic rings. The van der Waals surface area contributed by atoms with Gasteiger partial charge in [0.25, 0.3) is 0 Å². The van der Waals surface area contributed by atoms with Gasteiger partial charge in [-0.1, -0.05) is 13.8 Å². The molecule has 0 aliphatic carbocycles. The van der Waals surface area contributed by atoms with Gasteiger partial charge in [0.1, 0.15) is 6.04 Å². The fourth-order valence-electron chi connectivity index (χ4n) is 2.02. The monoisotopic (exact) mass is 258 g/mol. The van der Waals surface area contributed by atoms with Gasteiger partial charge in [-0.25, -0.2) is 0 Å². The highest BCUT2D eigenvalue weighted by atomic mass is 16.5. The molecule has 0 aromatic heterocycles. The van der Waals surface area contributed by atoms with Crippen LogP contribution in [0.3, 0.4) is 0 Å². The summed E-state index contributed by atoms with van der Waals surface area (Å²) in [4.78, 5) is 11.8. The number of amides is 1. The molecule has 1 amide bonds. The van der Waals surface area contributed by atoms with Crippen molar-refractivity contribution in [3.8, 4) is 0 Å². The Morgan fingerprint density at radius 2 is 2.33 bits per heavy atom. The first-order valence-electron chi connectivity index (χ1n) is 6.85. The molecule has 0 radical (unpaired) electrons. The molecule has 18 heavy (non-hydrogen) atoms. The third-order valence-electron chi connectivity index (χ3n) is 3.09. The number of morpholine rings is 1. The zero-order chi connectivity index (χ0) is 13.4. The van der Waals surface area contributed by atoms with Crippen LogP contribution in [0.4, 0.5) is 0 Å². The molecule has 0 spiro atoms. The molecule has 1 aliphatic heterocycles. The van der Waals surface area contributed by atoms with Crippen molar-refractivity contribution in [2.45, 2.75) is 39.3 Å². The van der Waals surface area contributed by atoms with Crippen LogP contribution in [0.25, 0.3) is 0 Å². The largest absolute Gasteiger partial charge is 0.378 e. The van der Waals surface area contributed by atoms with Crippen LogP contribution in [0, 0.1) is 5.92 Å². The van der Waals surface area contributed by atoms with Crippen LogP contribution in [0.15, 0.2) is 0 Å². The molecule has 1 saturated heterocycles. The van der Waals surface area contributed by atoms with Gasteiger partial charge < -0.3 is 20.1 Å². The predicted octanol–water partition coefficient (Wildman–Crippen LogP) is 0.542. The molecule has 2 N–H and O–H groups in total. The molecule has 2 atom stereocenters. The summed E-state index contributed by atoms with van der Waals surface area (Å²) in [6.07, 6.45) is 1.07. The third kappa shape index (κ3) is 5.33. The Morgan fingerprint density at radius 3 is 2.89 bits per heavy atom. The Bertz CT molecular complexity index is 240. The quantitative estimate of drug-likeness (QED) is 0.700. The number of hydrogen-bond donors (Lipinski definition) is 2. The Labute approximate surface area is 110 Å². The maximum Gasteiger partial charge on any atom is 0.239 e. The number of rotatable bonds is 7. The van der Waals surface area contributed by atoms with Gasteiger partial charge in [0.15, 0.2) is 0 Å². The van der Waals surface area contributed by atoms with E-state index in [9.17, 15) is 4.79 Å². The molecule has 5 nitrogen and oxygen atoms in total. The molecule has 2 unspecified atom stereocenters. The molecular formula is C13H26N2O3. The molecule has 1 heterocycles. The average molecular weight is 258 g/mol. The minimum Gasteiger partial charge on any atom is -0.378 e. The van der Waals surface area contributed by atoms with Crippen molar-refractivity contribution in [3.05, 3.63) is 0 Å². The molecule has 0 bridgehead atoms. The fraction of sp³-hybridized carbons (Fsp3) is 0.923. The van der Waals surface area contributed by atoms with E-state index in [1.54, 1.807) is 0 Å². The van der Waals surface area contributed by atoms with E-state index >= 15 is 0 Å². The normalized spacial score (nSPS) is 21.9. The van der Waals surface area contributed by atoms with Gasteiger partial charge in [-0.15, -0.1) is 0 Å². The summed E-state index contributed by atoms with van der Waals surface area (Å²) in [6.45, 7) is 9.53. The summed E-state index contributed by atoms with van der Waals surface area (Å²) in [5, 5.41) is 6.07. The van der Waals surface area contributed by atoms with Gasteiger partial charge >= 0.3 is 0 Å². The van der Waals surface area contributed by atoms with E-state index in [-0.39, 0.29) is 18.1 Å². The maximum atomic E-state index is 11.8. The lowest BCUT2D eigenvalue weighted by Crippen LogP contribution is -2.51. The van der Waals surface area contributed by atoms with Crippen LogP contribution in [-0.2, 0) is 14.3 Å². The van der Waals surface area contributed by atoms with E-state index in [2.05, 4.69) is 24.5 Å². The highest BCUT2D eigenvalue weighted by Gasteiger charge is 2.21. The number of hydrogen-bond acceptors (Lipinski definition) is 4. The second-order valence-corrected chi connectivity index (χ2v) is 4.90. The second-order valence-electron chi connectivity index (χ2n) is 4.90. The van der Waals surface area contributed by atoms with E-state index in [4.69, 9.17) is 9.47 Å². The van der Waals surface area contributed by atoms with E-state index in [0.717, 1.165) is 19.6 Å². The predicted molar refractivity (Wildman–Crippen MR) is 70.5 cm³/mol. The number of nitrogens with one attached hydrogen (secondary N) is 2. The van der Waals surface area contributed by atoms with Crippen LogP contribution >= 0.6 is 0 Å². The first-order valence-corrected chi connectivity index (χ1v) is 6.85. The SMILES string of the molecule is CCOC(CCNC(=O)C1COCCN1)C(C)C. The lowest BCUT2D eigenvalue weighted by molar-refractivity contribution is -0.126. The molecule has 0 saturated carbocycles. The Hall–Kier alpha value is -0.650. The molecule has 1 rings (SSSR count). The van der Waals surface area contributed by atoms with Crippen LogP contribution < -0.4 is 10.6 Å². The Balaban J connectivity index is 2.20. The number of carbonyl (C=O) groups excluding carboxylic acids is 1. The lowest BCUT2D eigenvalue weighted by Gasteiger charge is -2.24. The number of ether oxygens (including phenoxy) is 2. The Morgan fingerprint density at radius 1 is 1.56 bits per heavy atom. The first kappa shape index (κ1) is 15.4. The van der Waals surface area contributed by atoms with Crippen molar-refractivity contribution in [2.75, 3.05) is 32.9 Å². The van der Waals surface area contributed by atoms with Crippen molar-refractivity contribution in [1.82, 2.24) is 10.6 Å². The topological polar surface area (TPSA) is 59.6 Å². The Kier molecular flexibility index (Phi) is 7.23. The van der Waals surface area contributed by atoms with Gasteiger partial charge in [-0.05, 0) is 19.3 Å². The summed E-state index contributed by atoms with van der Waals surface area (Å²) in [5.41, 5.74) is 0. The average Bonchev–Trinajstić information content (AvgIpc) is 2.38. The van der Waals surface area contributed by atoms with Gasteiger partial charge in [0, 0.05) is 19.7 Å². The molecular weight excluding hydrogens is 232 g/mol. The molecule has 5 heteroatoms. The van der Waals surface area contributed by atoms with Crippen LogP contribution in [0.5, 0.6) is 0 Å². The van der Waals surface area contributed by atoms with Gasteiger partial charge in [0.2, 0.25) is 5.91 Å². The molecule has 106 valence electrons. The minimum atomic E-state index is -0.205. The molecule has 1 fully saturated rings. The summed E-state index contributed by atoms with van der Waals surface area (Å²) in [6, 6.07) is -0.205. The summed E-state index contributed by atoms with van der Waals surface area (Å²) in [7, 11) is 0. The van der Waals surface area contributed by atoms with Crippen molar-refractivity contribution in [1.29, 1.82) is 0 Å². The van der Waals surface area contributed by atoms with Crippen molar-refractivity contribution >= 4 is 5.91 Å². The van der Waals surface area contributed by atoms with Crippen LogP contribution in [0.2, 0.25) is 0 Å². The van der Waals surface area contributed by atoms with E-state index < -0.39 is 0 Å². The fourth-order valence-corrected chi connectivity index (χ4v) is 2.02. The minimum absolute atomic E-state index is 0.0219. The number of carbonyl (C=O) groups is 1. The summed E-state index contributed by atoms with van der Waals surface area (Å²) < 4.78 is 10.9. The second kappa shape index (κ2) is 8.45. The lowest BCUT2D eigenvalue weighted by atomic mass is 10.0. The maximum absolute atomic E-state index is 11.8. The standard InChI is InChI=1S/C13H26N2O3/c1-4-18-12(10(2)3)5-6-15-13(16)11-9-17-8-7-14-11/h10-12,14H,4-9H2,1-3H3,(H,15,16). The zero-order valence-electron chi connectivity index (χ0n) is 11.7. The van der Waals surface area contributed by atoms with Gasteiger partial charge in [-0.3, -0.25) is 4.79 Å². The first-order chi connectivity index (χ1) is 8.65. The van der Waals surface area contributed by atoms with E-state index in [1.807, 2.05) is 6.92 Å². The van der Waals surface area contributed by atoms with E-state index in [0.29, 0.717) is 25.7 Å². The molecule has 1 aliphatic rings. The smallest absolute Gasteiger partial charge is 0.239 e.